The van der Waals surface area contributed by atoms with Crippen LogP contribution in [0.1, 0.15) is 0 Å². The van der Waals surface area contributed by atoms with Crippen molar-refractivity contribution in [2.75, 3.05) is 0 Å². The van der Waals surface area contributed by atoms with Crippen molar-refractivity contribution >= 4 is 65.3 Å². The Morgan fingerprint density at radius 3 is 2.11 bits per heavy atom. The molecular formula is C30H17O2PS2. The Bertz CT molecular complexity index is 1890. The number of fused-ring (bicyclic) bond motifs is 7. The van der Waals surface area contributed by atoms with Crippen molar-refractivity contribution in [1.29, 1.82) is 0 Å². The fourth-order valence-electron chi connectivity index (χ4n) is 5.36. The highest BCUT2D eigenvalue weighted by Crippen LogP contribution is 2.60. The molecule has 2 aliphatic rings. The lowest BCUT2D eigenvalue weighted by molar-refractivity contribution is 0.467. The van der Waals surface area contributed by atoms with Gasteiger partial charge in [0.1, 0.15) is 23.0 Å². The van der Waals surface area contributed by atoms with Gasteiger partial charge in [-0.05, 0) is 60.2 Å². The Morgan fingerprint density at radius 2 is 1.29 bits per heavy atom. The van der Waals surface area contributed by atoms with Gasteiger partial charge in [0.15, 0.2) is 0 Å². The minimum absolute atomic E-state index is 0.808. The van der Waals surface area contributed by atoms with Gasteiger partial charge in [0.25, 0.3) is 0 Å². The highest BCUT2D eigenvalue weighted by atomic mass is 32.4. The molecule has 0 fully saturated rings. The first-order chi connectivity index (χ1) is 17.2. The number of para-hydroxylation sites is 2. The van der Waals surface area contributed by atoms with Crippen molar-refractivity contribution in [2.45, 2.75) is 0 Å². The molecule has 166 valence electrons. The number of hydrogen-bond donors (Lipinski definition) is 0. The average molecular weight is 505 g/mol. The molecule has 0 bridgehead atoms. The largest absolute Gasteiger partial charge is 0.456 e. The van der Waals surface area contributed by atoms with E-state index in [0.29, 0.717) is 0 Å². The molecule has 0 aliphatic carbocycles. The maximum absolute atomic E-state index is 6.65. The molecule has 0 amide bonds. The third-order valence-electron chi connectivity index (χ3n) is 6.94. The number of benzene rings is 5. The second-order valence-corrected chi connectivity index (χ2v) is 14.2. The van der Waals surface area contributed by atoms with Gasteiger partial charge < -0.3 is 9.47 Å². The van der Waals surface area contributed by atoms with Crippen LogP contribution in [0, 0.1) is 0 Å². The van der Waals surface area contributed by atoms with Gasteiger partial charge in [-0.3, -0.25) is 0 Å². The van der Waals surface area contributed by atoms with E-state index in [2.05, 4.69) is 78.9 Å². The van der Waals surface area contributed by atoms with E-state index in [1.165, 1.54) is 20.2 Å². The first-order valence-corrected chi connectivity index (χ1v) is 15.1. The van der Waals surface area contributed by atoms with Gasteiger partial charge in [0.2, 0.25) is 0 Å². The predicted molar refractivity (Wildman–Crippen MR) is 151 cm³/mol. The highest BCUT2D eigenvalue weighted by molar-refractivity contribution is 8.26. The van der Waals surface area contributed by atoms with Gasteiger partial charge in [-0.25, -0.2) is 0 Å². The summed E-state index contributed by atoms with van der Waals surface area (Å²) < 4.78 is 15.6. The van der Waals surface area contributed by atoms with Gasteiger partial charge in [-0.1, -0.05) is 60.3 Å². The molecule has 1 aromatic heterocycles. The van der Waals surface area contributed by atoms with Crippen LogP contribution in [-0.2, 0) is 11.8 Å². The Labute approximate surface area is 211 Å². The lowest BCUT2D eigenvalue weighted by atomic mass is 10.0. The molecule has 0 radical (unpaired) electrons. The van der Waals surface area contributed by atoms with E-state index in [9.17, 15) is 0 Å². The van der Waals surface area contributed by atoms with Crippen LogP contribution >= 0.6 is 17.4 Å². The average Bonchev–Trinajstić information content (AvgIpc) is 3.27. The van der Waals surface area contributed by atoms with Gasteiger partial charge >= 0.3 is 0 Å². The van der Waals surface area contributed by atoms with Crippen LogP contribution in [0.15, 0.2) is 103 Å². The van der Waals surface area contributed by atoms with E-state index in [0.717, 1.165) is 50.0 Å². The Kier molecular flexibility index (Phi) is 4.00. The van der Waals surface area contributed by atoms with Crippen molar-refractivity contribution < 1.29 is 9.47 Å². The summed E-state index contributed by atoms with van der Waals surface area (Å²) >= 11 is 8.48. The molecular weight excluding hydrogens is 487 g/mol. The van der Waals surface area contributed by atoms with Crippen molar-refractivity contribution in [3.8, 4) is 34.1 Å². The molecule has 5 heteroatoms. The van der Waals surface area contributed by atoms with E-state index in [4.69, 9.17) is 21.3 Å². The lowest BCUT2D eigenvalue weighted by Gasteiger charge is -2.38. The zero-order valence-electron chi connectivity index (χ0n) is 18.4. The van der Waals surface area contributed by atoms with E-state index in [-0.39, 0.29) is 0 Å². The molecule has 35 heavy (non-hydrogen) atoms. The maximum atomic E-state index is 6.65. The Morgan fingerprint density at radius 1 is 0.600 bits per heavy atom. The summed E-state index contributed by atoms with van der Waals surface area (Å²) in [6.07, 6.45) is 0. The summed E-state index contributed by atoms with van der Waals surface area (Å²) in [4.78, 5) is 0. The molecule has 6 aromatic rings. The van der Waals surface area contributed by atoms with Crippen LogP contribution in [0.5, 0.6) is 23.0 Å². The normalized spacial score (nSPS) is 17.3. The first kappa shape index (κ1) is 19.8. The molecule has 0 saturated heterocycles. The fraction of sp³-hybridized carbons (Fsp3) is 0. The molecule has 1 atom stereocenters. The second kappa shape index (κ2) is 7.05. The van der Waals surface area contributed by atoms with Gasteiger partial charge in [0, 0.05) is 36.3 Å². The number of rotatable bonds is 1. The van der Waals surface area contributed by atoms with Crippen LogP contribution in [0.3, 0.4) is 0 Å². The number of hydrogen-bond acceptors (Lipinski definition) is 4. The standard InChI is InChI=1S/C30H17O2PS2/c34-33-25-10-4-2-8-22(25)31-24-15-14-19(29(30(24)33)32-23-9-3-5-11-26(23)33)18-13-16-28-21(17-18)20-7-1-6-12-27(20)35-28/h1-17H. The number of thiophene rings is 1. The summed E-state index contributed by atoms with van der Waals surface area (Å²) in [7, 11) is 0. The van der Waals surface area contributed by atoms with Gasteiger partial charge in [0.05, 0.1) is 11.3 Å². The predicted octanol–water partition coefficient (Wildman–Crippen LogP) is 7.69. The SMILES string of the molecule is S=P12c3ccccc3Oc3ccc(-c4ccc5sc6ccccc6c5c4)c(c31)Oc1ccccc12. The fourth-order valence-corrected chi connectivity index (χ4v) is 11.0. The summed E-state index contributed by atoms with van der Waals surface area (Å²) in [5.41, 5.74) is 2.17. The molecule has 3 heterocycles. The molecule has 8 rings (SSSR count). The summed E-state index contributed by atoms with van der Waals surface area (Å²) in [5.74, 6) is 3.34. The van der Waals surface area contributed by atoms with Crippen LogP contribution in [-0.4, -0.2) is 0 Å². The van der Waals surface area contributed by atoms with Crippen molar-refractivity contribution in [2.24, 2.45) is 0 Å². The summed E-state index contributed by atoms with van der Waals surface area (Å²) in [5, 5.41) is 5.77. The monoisotopic (exact) mass is 504 g/mol. The molecule has 2 nitrogen and oxygen atoms in total. The van der Waals surface area contributed by atoms with E-state index < -0.39 is 6.04 Å². The molecule has 1 unspecified atom stereocenters. The quantitative estimate of drug-likeness (QED) is 0.214. The summed E-state index contributed by atoms with van der Waals surface area (Å²) in [6, 6.07) is 33.6. The Hall–Kier alpha value is -3.43. The van der Waals surface area contributed by atoms with Gasteiger partial charge in [-0.2, -0.15) is 0 Å². The first-order valence-electron chi connectivity index (χ1n) is 11.5. The van der Waals surface area contributed by atoms with Crippen LogP contribution in [0.2, 0.25) is 0 Å². The molecule has 0 N–H and O–H groups in total. The van der Waals surface area contributed by atoms with Gasteiger partial charge in [-0.15, -0.1) is 11.3 Å². The summed E-state index contributed by atoms with van der Waals surface area (Å²) in [6.45, 7) is 0. The molecule has 0 spiro atoms. The van der Waals surface area contributed by atoms with Crippen molar-refractivity contribution in [3.63, 3.8) is 0 Å². The Balaban J connectivity index is 1.44. The van der Waals surface area contributed by atoms with E-state index in [1.54, 1.807) is 0 Å². The third kappa shape index (κ3) is 2.62. The molecule has 0 saturated carbocycles. The van der Waals surface area contributed by atoms with Crippen LogP contribution in [0.25, 0.3) is 31.3 Å². The van der Waals surface area contributed by atoms with E-state index >= 15 is 0 Å². The zero-order valence-corrected chi connectivity index (χ0v) is 20.9. The molecule has 5 aromatic carbocycles. The zero-order chi connectivity index (χ0) is 23.1. The van der Waals surface area contributed by atoms with Crippen molar-refractivity contribution in [1.82, 2.24) is 0 Å². The van der Waals surface area contributed by atoms with Crippen LogP contribution in [0.4, 0.5) is 0 Å². The van der Waals surface area contributed by atoms with Crippen molar-refractivity contribution in [3.05, 3.63) is 103 Å². The topological polar surface area (TPSA) is 18.5 Å². The number of ether oxygens (including phenoxy) is 2. The van der Waals surface area contributed by atoms with Crippen LogP contribution < -0.4 is 25.4 Å². The van der Waals surface area contributed by atoms with E-state index in [1.807, 2.05) is 35.6 Å². The third-order valence-corrected chi connectivity index (χ3v) is 13.0. The second-order valence-electron chi connectivity index (χ2n) is 8.85. The highest BCUT2D eigenvalue weighted by Gasteiger charge is 2.43. The minimum Gasteiger partial charge on any atom is -0.456 e. The smallest absolute Gasteiger partial charge is 0.148 e. The molecule has 2 aliphatic heterocycles. The maximum Gasteiger partial charge on any atom is 0.148 e. The lowest BCUT2D eigenvalue weighted by Crippen LogP contribution is -2.35. The minimum atomic E-state index is -2.35.